The maximum atomic E-state index is 13.4. The predicted molar refractivity (Wildman–Crippen MR) is 111 cm³/mol. The molecule has 0 saturated carbocycles. The number of aromatic nitrogens is 3. The van der Waals surface area contributed by atoms with Crippen LogP contribution in [0.3, 0.4) is 0 Å². The standard InChI is InChI=1S/C22H29N5O3/c1-13-4-5-18(14(2)10-13)22(29)27-12-17(11-19(27)20-23-15(3)25-26-20)24-21(28)16-6-8-30-9-7-16/h4-5,10,16-17,19H,6-9,11-12H2,1-3H3,(H,24,28)(H,23,25,26)/t17-,19-/m0/s1. The third-order valence-corrected chi connectivity index (χ3v) is 6.03. The molecule has 4 rings (SSSR count). The second-order valence-electron chi connectivity index (χ2n) is 8.40. The van der Waals surface area contributed by atoms with Crippen molar-refractivity contribution in [3.63, 3.8) is 0 Å². The van der Waals surface area contributed by atoms with E-state index in [2.05, 4.69) is 20.5 Å². The fourth-order valence-corrected chi connectivity index (χ4v) is 4.41. The van der Waals surface area contributed by atoms with E-state index in [4.69, 9.17) is 4.74 Å². The van der Waals surface area contributed by atoms with Gasteiger partial charge in [-0.1, -0.05) is 17.7 Å². The van der Waals surface area contributed by atoms with Gasteiger partial charge in [-0.25, -0.2) is 4.98 Å². The Hall–Kier alpha value is -2.74. The number of carbonyl (C=O) groups is 2. The number of hydrogen-bond acceptors (Lipinski definition) is 5. The van der Waals surface area contributed by atoms with Gasteiger partial charge in [-0.2, -0.15) is 5.10 Å². The van der Waals surface area contributed by atoms with Gasteiger partial charge in [0.1, 0.15) is 5.82 Å². The molecule has 2 atom stereocenters. The van der Waals surface area contributed by atoms with Crippen LogP contribution in [0.1, 0.15) is 58.4 Å². The Morgan fingerprint density at radius 1 is 1.20 bits per heavy atom. The summed E-state index contributed by atoms with van der Waals surface area (Å²) in [7, 11) is 0. The van der Waals surface area contributed by atoms with Gasteiger partial charge in [-0.15, -0.1) is 0 Å². The molecule has 2 aliphatic heterocycles. The molecule has 8 heteroatoms. The molecular formula is C22H29N5O3. The van der Waals surface area contributed by atoms with E-state index in [1.54, 1.807) is 4.90 Å². The summed E-state index contributed by atoms with van der Waals surface area (Å²) in [6, 6.07) is 5.44. The monoisotopic (exact) mass is 411 g/mol. The van der Waals surface area contributed by atoms with E-state index in [0.29, 0.717) is 43.4 Å². The first kappa shape index (κ1) is 20.5. The second-order valence-corrected chi connectivity index (χ2v) is 8.40. The van der Waals surface area contributed by atoms with E-state index in [1.807, 2.05) is 39.0 Å². The van der Waals surface area contributed by atoms with Crippen molar-refractivity contribution in [2.45, 2.75) is 52.1 Å². The van der Waals surface area contributed by atoms with E-state index in [9.17, 15) is 9.59 Å². The molecule has 2 fully saturated rings. The van der Waals surface area contributed by atoms with Crippen molar-refractivity contribution in [3.05, 3.63) is 46.5 Å². The molecule has 8 nitrogen and oxygen atoms in total. The number of benzene rings is 1. The van der Waals surface area contributed by atoms with E-state index < -0.39 is 0 Å². The number of hydrogen-bond donors (Lipinski definition) is 2. The van der Waals surface area contributed by atoms with E-state index in [-0.39, 0.29) is 29.8 Å². The van der Waals surface area contributed by atoms with Crippen LogP contribution in [-0.2, 0) is 9.53 Å². The fourth-order valence-electron chi connectivity index (χ4n) is 4.41. The molecule has 2 saturated heterocycles. The molecule has 2 aromatic rings. The molecular weight excluding hydrogens is 382 g/mol. The van der Waals surface area contributed by atoms with Crippen LogP contribution in [0.5, 0.6) is 0 Å². The number of nitrogens with one attached hydrogen (secondary N) is 2. The van der Waals surface area contributed by atoms with Gasteiger partial charge in [0.25, 0.3) is 5.91 Å². The number of carbonyl (C=O) groups excluding carboxylic acids is 2. The van der Waals surface area contributed by atoms with Gasteiger partial charge in [-0.3, -0.25) is 14.7 Å². The molecule has 0 unspecified atom stereocenters. The molecule has 2 amide bonds. The number of nitrogens with zero attached hydrogens (tertiary/aromatic N) is 3. The molecule has 0 aliphatic carbocycles. The van der Waals surface area contributed by atoms with Crippen LogP contribution in [0.15, 0.2) is 18.2 Å². The van der Waals surface area contributed by atoms with Crippen molar-refractivity contribution in [2.24, 2.45) is 5.92 Å². The second kappa shape index (κ2) is 8.55. The van der Waals surface area contributed by atoms with Crippen molar-refractivity contribution in [2.75, 3.05) is 19.8 Å². The Morgan fingerprint density at radius 3 is 2.63 bits per heavy atom. The minimum atomic E-state index is -0.275. The SMILES string of the molecule is Cc1ccc(C(=O)N2C[C@@H](NC(=O)C3CCOCC3)C[C@H]2c2n[nH]c(C)n2)c(C)c1. The van der Waals surface area contributed by atoms with Crippen molar-refractivity contribution in [1.82, 2.24) is 25.4 Å². The van der Waals surface area contributed by atoms with Gasteiger partial charge in [0.15, 0.2) is 5.82 Å². The van der Waals surface area contributed by atoms with Crippen LogP contribution in [0.2, 0.25) is 0 Å². The van der Waals surface area contributed by atoms with Crippen molar-refractivity contribution < 1.29 is 14.3 Å². The molecule has 30 heavy (non-hydrogen) atoms. The van der Waals surface area contributed by atoms with Crippen LogP contribution >= 0.6 is 0 Å². The molecule has 2 N–H and O–H groups in total. The lowest BCUT2D eigenvalue weighted by Crippen LogP contribution is -2.42. The summed E-state index contributed by atoms with van der Waals surface area (Å²) in [5, 5.41) is 10.3. The molecule has 1 aromatic carbocycles. The van der Waals surface area contributed by atoms with E-state index in [1.165, 1.54) is 0 Å². The van der Waals surface area contributed by atoms with E-state index >= 15 is 0 Å². The zero-order valence-electron chi connectivity index (χ0n) is 17.8. The summed E-state index contributed by atoms with van der Waals surface area (Å²) < 4.78 is 5.36. The first-order valence-corrected chi connectivity index (χ1v) is 10.6. The molecule has 0 bridgehead atoms. The molecule has 0 spiro atoms. The number of aromatic amines is 1. The quantitative estimate of drug-likeness (QED) is 0.804. The van der Waals surface area contributed by atoms with Crippen LogP contribution in [0.4, 0.5) is 0 Å². The molecule has 0 radical (unpaired) electrons. The lowest BCUT2D eigenvalue weighted by Gasteiger charge is -2.24. The fraction of sp³-hybridized carbons (Fsp3) is 0.545. The first-order valence-electron chi connectivity index (χ1n) is 10.6. The largest absolute Gasteiger partial charge is 0.381 e. The van der Waals surface area contributed by atoms with Crippen molar-refractivity contribution in [3.8, 4) is 0 Å². The Bertz CT molecular complexity index is 935. The predicted octanol–water partition coefficient (Wildman–Crippen LogP) is 2.23. The highest BCUT2D eigenvalue weighted by Crippen LogP contribution is 2.32. The molecule has 3 heterocycles. The summed E-state index contributed by atoms with van der Waals surface area (Å²) in [4.78, 5) is 32.4. The molecule has 160 valence electrons. The highest BCUT2D eigenvalue weighted by atomic mass is 16.5. The highest BCUT2D eigenvalue weighted by Gasteiger charge is 2.40. The van der Waals surface area contributed by atoms with Crippen LogP contribution in [-0.4, -0.2) is 57.7 Å². The Kier molecular flexibility index (Phi) is 5.85. The Balaban J connectivity index is 1.55. The number of aryl methyl sites for hydroxylation is 3. The summed E-state index contributed by atoms with van der Waals surface area (Å²) in [5.41, 5.74) is 2.74. The first-order chi connectivity index (χ1) is 14.4. The third-order valence-electron chi connectivity index (χ3n) is 6.03. The minimum Gasteiger partial charge on any atom is -0.381 e. The van der Waals surface area contributed by atoms with Gasteiger partial charge in [0.05, 0.1) is 6.04 Å². The van der Waals surface area contributed by atoms with Gasteiger partial charge < -0.3 is 15.0 Å². The maximum absolute atomic E-state index is 13.4. The zero-order valence-corrected chi connectivity index (χ0v) is 17.8. The average molecular weight is 412 g/mol. The normalized spacial score (nSPS) is 22.3. The summed E-state index contributed by atoms with van der Waals surface area (Å²) in [6.07, 6.45) is 2.09. The average Bonchev–Trinajstić information content (AvgIpc) is 3.34. The van der Waals surface area contributed by atoms with Gasteiger partial charge in [-0.05, 0) is 51.7 Å². The van der Waals surface area contributed by atoms with Gasteiger partial charge in [0, 0.05) is 37.3 Å². The topological polar surface area (TPSA) is 100 Å². The summed E-state index contributed by atoms with van der Waals surface area (Å²) >= 11 is 0. The summed E-state index contributed by atoms with van der Waals surface area (Å²) in [5.74, 6) is 1.27. The number of ether oxygens (including phenoxy) is 1. The third kappa shape index (κ3) is 4.23. The minimum absolute atomic E-state index is 0.0213. The van der Waals surface area contributed by atoms with Crippen LogP contribution < -0.4 is 5.32 Å². The number of amides is 2. The van der Waals surface area contributed by atoms with Crippen molar-refractivity contribution in [1.29, 1.82) is 0 Å². The smallest absolute Gasteiger partial charge is 0.254 e. The number of rotatable bonds is 4. The number of H-pyrrole nitrogens is 1. The maximum Gasteiger partial charge on any atom is 0.254 e. The lowest BCUT2D eigenvalue weighted by atomic mass is 9.99. The van der Waals surface area contributed by atoms with Crippen LogP contribution in [0, 0.1) is 26.7 Å². The Morgan fingerprint density at radius 2 is 1.97 bits per heavy atom. The zero-order chi connectivity index (χ0) is 21.3. The summed E-state index contributed by atoms with van der Waals surface area (Å²) in [6.45, 7) is 7.49. The highest BCUT2D eigenvalue weighted by molar-refractivity contribution is 5.96. The Labute approximate surface area is 176 Å². The molecule has 2 aliphatic rings. The van der Waals surface area contributed by atoms with Gasteiger partial charge >= 0.3 is 0 Å². The lowest BCUT2D eigenvalue weighted by molar-refractivity contribution is -0.128. The number of likely N-dealkylation sites (tertiary alicyclic amines) is 1. The van der Waals surface area contributed by atoms with Crippen molar-refractivity contribution >= 4 is 11.8 Å². The van der Waals surface area contributed by atoms with E-state index in [0.717, 1.165) is 24.0 Å². The van der Waals surface area contributed by atoms with Gasteiger partial charge in [0.2, 0.25) is 5.91 Å². The molecule has 1 aromatic heterocycles. The van der Waals surface area contributed by atoms with Crippen LogP contribution in [0.25, 0.3) is 0 Å².